The molecule has 7 rings (SSSR count). The summed E-state index contributed by atoms with van der Waals surface area (Å²) >= 11 is 1.15. The van der Waals surface area contributed by atoms with Gasteiger partial charge in [-0.3, -0.25) is 19.2 Å². The van der Waals surface area contributed by atoms with Crippen molar-refractivity contribution in [1.82, 2.24) is 14.7 Å². The van der Waals surface area contributed by atoms with Crippen molar-refractivity contribution in [1.29, 1.82) is 0 Å². The zero-order chi connectivity index (χ0) is 30.1. The van der Waals surface area contributed by atoms with E-state index in [1.165, 1.54) is 32.1 Å². The SMILES string of the molecule is CCC(C)C1CN(c2nc(N3CCC(CCC4C5(CC5)C45CC5)C3=O)ccc2C(=O)NSc2cccc(N)n2)C(C)(C)C1. The lowest BCUT2D eigenvalue weighted by Gasteiger charge is -2.34. The van der Waals surface area contributed by atoms with E-state index < -0.39 is 0 Å². The van der Waals surface area contributed by atoms with Crippen molar-refractivity contribution in [2.75, 3.05) is 28.6 Å². The van der Waals surface area contributed by atoms with Crippen LogP contribution in [0.3, 0.4) is 0 Å². The van der Waals surface area contributed by atoms with Crippen LogP contribution in [0.5, 0.6) is 0 Å². The molecule has 2 saturated heterocycles. The fourth-order valence-corrected chi connectivity index (χ4v) is 9.56. The number of aromatic nitrogens is 2. The van der Waals surface area contributed by atoms with E-state index in [4.69, 9.17) is 10.7 Å². The molecule has 8 nitrogen and oxygen atoms in total. The number of amides is 2. The Morgan fingerprint density at radius 2 is 1.86 bits per heavy atom. The van der Waals surface area contributed by atoms with Gasteiger partial charge in [-0.25, -0.2) is 9.97 Å². The zero-order valence-electron chi connectivity index (χ0n) is 26.1. The second-order valence-corrected chi connectivity index (χ2v) is 15.5. The second-order valence-electron chi connectivity index (χ2n) is 14.7. The molecule has 4 heterocycles. The molecule has 2 aromatic heterocycles. The highest BCUT2D eigenvalue weighted by molar-refractivity contribution is 7.97. The molecule has 43 heavy (non-hydrogen) atoms. The summed E-state index contributed by atoms with van der Waals surface area (Å²) in [6.07, 6.45) is 10.9. The van der Waals surface area contributed by atoms with Gasteiger partial charge in [0.05, 0.1) is 5.56 Å². The molecule has 2 aliphatic heterocycles. The van der Waals surface area contributed by atoms with Crippen molar-refractivity contribution in [2.45, 2.75) is 96.0 Å². The third-order valence-electron chi connectivity index (χ3n) is 11.9. The summed E-state index contributed by atoms with van der Waals surface area (Å²) in [6.45, 7) is 10.6. The van der Waals surface area contributed by atoms with Crippen molar-refractivity contribution < 1.29 is 9.59 Å². The first-order valence-corrected chi connectivity index (χ1v) is 17.2. The van der Waals surface area contributed by atoms with Crippen LogP contribution in [-0.4, -0.2) is 40.4 Å². The summed E-state index contributed by atoms with van der Waals surface area (Å²) in [5.41, 5.74) is 7.57. The number of hydrogen-bond donors (Lipinski definition) is 2. The van der Waals surface area contributed by atoms with Crippen LogP contribution in [0.2, 0.25) is 0 Å². The number of nitrogens with zero attached hydrogens (tertiary/aromatic N) is 4. The van der Waals surface area contributed by atoms with Gasteiger partial charge in [0, 0.05) is 36.5 Å². The maximum atomic E-state index is 13.7. The van der Waals surface area contributed by atoms with E-state index in [-0.39, 0.29) is 23.3 Å². The molecule has 2 amide bonds. The Hall–Kier alpha value is -2.81. The van der Waals surface area contributed by atoms with E-state index in [0.717, 1.165) is 50.1 Å². The molecule has 0 aromatic carbocycles. The topological polar surface area (TPSA) is 104 Å². The number of fused-ring (bicyclic) bond motifs is 1. The number of nitrogen functional groups attached to an aromatic ring is 1. The molecule has 0 bridgehead atoms. The second kappa shape index (κ2) is 10.4. The first-order chi connectivity index (χ1) is 20.6. The van der Waals surface area contributed by atoms with Gasteiger partial charge in [-0.15, -0.1) is 0 Å². The fourth-order valence-electron chi connectivity index (χ4n) is 8.96. The van der Waals surface area contributed by atoms with Gasteiger partial charge in [-0.2, -0.15) is 0 Å². The molecule has 230 valence electrons. The molecule has 3 N–H and O–H groups in total. The van der Waals surface area contributed by atoms with Crippen molar-refractivity contribution >= 4 is 41.2 Å². The summed E-state index contributed by atoms with van der Waals surface area (Å²) in [7, 11) is 0. The van der Waals surface area contributed by atoms with E-state index in [0.29, 0.717) is 57.3 Å². The normalized spacial score (nSPS) is 26.7. The highest BCUT2D eigenvalue weighted by Crippen LogP contribution is 2.93. The Kier molecular flexibility index (Phi) is 6.99. The number of nitrogens with two attached hydrogens (primary N) is 1. The van der Waals surface area contributed by atoms with Crippen molar-refractivity contribution in [2.24, 2.45) is 34.5 Å². The van der Waals surface area contributed by atoms with Gasteiger partial charge >= 0.3 is 0 Å². The van der Waals surface area contributed by atoms with E-state index in [9.17, 15) is 9.59 Å². The lowest BCUT2D eigenvalue weighted by molar-refractivity contribution is -0.120. The van der Waals surface area contributed by atoms with Gasteiger partial charge in [-0.1, -0.05) is 26.3 Å². The molecular weight excluding hydrogens is 556 g/mol. The average Bonchev–Trinajstić information content (AvgIpc) is 3.94. The standard InChI is InChI=1S/C34H46N6O2S/c1-5-21(2)23-19-32(3,4)40(20-23)29-24(30(41)38-43-28-8-6-7-26(35)36-28)10-12-27(37-29)39-18-13-22(31(39)42)9-11-25-33(14-15-33)34(25)16-17-34/h6-8,10,12,21-23,25H,5,9,11,13-20H2,1-4H3,(H2,35,36)(H,38,41). The number of anilines is 3. The van der Waals surface area contributed by atoms with Crippen LogP contribution < -0.4 is 20.3 Å². The summed E-state index contributed by atoms with van der Waals surface area (Å²) in [6, 6.07) is 9.07. The summed E-state index contributed by atoms with van der Waals surface area (Å²) in [5.74, 6) is 3.75. The van der Waals surface area contributed by atoms with E-state index >= 15 is 0 Å². The summed E-state index contributed by atoms with van der Waals surface area (Å²) < 4.78 is 2.95. The molecule has 3 unspecified atom stereocenters. The molecule has 2 spiro atoms. The van der Waals surface area contributed by atoms with Crippen molar-refractivity contribution in [3.63, 3.8) is 0 Å². The molecule has 9 heteroatoms. The van der Waals surface area contributed by atoms with Gasteiger partial charge < -0.3 is 10.6 Å². The Morgan fingerprint density at radius 1 is 1.12 bits per heavy atom. The predicted octanol–water partition coefficient (Wildman–Crippen LogP) is 6.47. The maximum Gasteiger partial charge on any atom is 0.265 e. The average molecular weight is 603 g/mol. The van der Waals surface area contributed by atoms with Gasteiger partial charge in [0.15, 0.2) is 0 Å². The Morgan fingerprint density at radius 3 is 2.53 bits per heavy atom. The van der Waals surface area contributed by atoms with Crippen LogP contribution >= 0.6 is 11.9 Å². The first-order valence-electron chi connectivity index (χ1n) is 16.4. The number of hydrogen-bond acceptors (Lipinski definition) is 7. The number of pyridine rings is 2. The van der Waals surface area contributed by atoms with Crippen LogP contribution in [0.1, 0.15) is 95.8 Å². The van der Waals surface area contributed by atoms with Gasteiger partial charge in [-0.05, 0) is 118 Å². The van der Waals surface area contributed by atoms with Gasteiger partial charge in [0.25, 0.3) is 5.91 Å². The highest BCUT2D eigenvalue weighted by atomic mass is 32.2. The number of nitrogens with one attached hydrogen (secondary N) is 1. The van der Waals surface area contributed by atoms with E-state index in [2.05, 4.69) is 42.3 Å². The molecule has 3 aliphatic carbocycles. The molecule has 3 saturated carbocycles. The van der Waals surface area contributed by atoms with Gasteiger partial charge in [0.2, 0.25) is 5.91 Å². The number of carbonyl (C=O) groups is 2. The van der Waals surface area contributed by atoms with Crippen LogP contribution in [-0.2, 0) is 4.79 Å². The Labute approximate surface area is 260 Å². The Balaban J connectivity index is 1.12. The van der Waals surface area contributed by atoms with Crippen molar-refractivity contribution in [3.8, 4) is 0 Å². The third kappa shape index (κ3) is 4.90. The first kappa shape index (κ1) is 28.9. The largest absolute Gasteiger partial charge is 0.384 e. The predicted molar refractivity (Wildman–Crippen MR) is 172 cm³/mol. The minimum absolute atomic E-state index is 0.0839. The third-order valence-corrected chi connectivity index (χ3v) is 12.7. The van der Waals surface area contributed by atoms with Crippen LogP contribution in [0.15, 0.2) is 35.4 Å². The monoisotopic (exact) mass is 602 g/mol. The lowest BCUT2D eigenvalue weighted by atomic mass is 9.86. The van der Waals surface area contributed by atoms with Crippen LogP contribution in [0.4, 0.5) is 17.5 Å². The zero-order valence-corrected chi connectivity index (χ0v) is 26.9. The Bertz CT molecular complexity index is 1420. The molecule has 2 aromatic rings. The number of carbonyl (C=O) groups excluding carboxylic acids is 2. The van der Waals surface area contributed by atoms with E-state index in [1.807, 2.05) is 29.2 Å². The maximum absolute atomic E-state index is 13.7. The molecule has 3 atom stereocenters. The smallest absolute Gasteiger partial charge is 0.265 e. The highest BCUT2D eigenvalue weighted by Gasteiger charge is 2.85. The van der Waals surface area contributed by atoms with Crippen LogP contribution in [0.25, 0.3) is 0 Å². The summed E-state index contributed by atoms with van der Waals surface area (Å²) in [4.78, 5) is 41.0. The minimum atomic E-state index is -0.232. The fraction of sp³-hybridized carbons (Fsp3) is 0.647. The quantitative estimate of drug-likeness (QED) is 0.300. The molecule has 5 fully saturated rings. The lowest BCUT2D eigenvalue weighted by Crippen LogP contribution is -2.40. The van der Waals surface area contributed by atoms with Crippen molar-refractivity contribution in [3.05, 3.63) is 35.9 Å². The minimum Gasteiger partial charge on any atom is -0.384 e. The van der Waals surface area contributed by atoms with Gasteiger partial charge in [0.1, 0.15) is 22.5 Å². The van der Waals surface area contributed by atoms with E-state index in [1.54, 1.807) is 6.07 Å². The molecular formula is C34H46N6O2S. The molecule has 5 aliphatic rings. The van der Waals surface area contributed by atoms with Crippen LogP contribution in [0, 0.1) is 34.5 Å². The summed E-state index contributed by atoms with van der Waals surface area (Å²) in [5, 5.41) is 0.623. The molecule has 0 radical (unpaired) electrons. The number of rotatable bonds is 10.